The number of carbonyl (C=O) groups is 1. The van der Waals surface area contributed by atoms with Gasteiger partial charge in [0.1, 0.15) is 16.4 Å². The van der Waals surface area contributed by atoms with Crippen molar-refractivity contribution in [3.05, 3.63) is 32.0 Å². The van der Waals surface area contributed by atoms with E-state index in [1.165, 1.54) is 0 Å². The molecule has 15 heavy (non-hydrogen) atoms. The Bertz CT molecular complexity index is 425. The van der Waals surface area contributed by atoms with E-state index < -0.39 is 32.8 Å². The van der Waals surface area contributed by atoms with Gasteiger partial charge in [-0.15, -0.1) is 0 Å². The molecular formula is C7H3BrF2N2O3. The van der Waals surface area contributed by atoms with Gasteiger partial charge in [0.2, 0.25) is 0 Å². The highest BCUT2D eigenvalue weighted by Crippen LogP contribution is 2.35. The highest BCUT2D eigenvalue weighted by molar-refractivity contribution is 9.10. The molecule has 8 heteroatoms. The smallest absolute Gasteiger partial charge is 0.296 e. The van der Waals surface area contributed by atoms with Gasteiger partial charge in [0.25, 0.3) is 6.43 Å². The molecule has 5 nitrogen and oxygen atoms in total. The number of pyridine rings is 1. The first-order valence-electron chi connectivity index (χ1n) is 3.55. The van der Waals surface area contributed by atoms with Crippen LogP contribution in [0, 0.1) is 10.1 Å². The van der Waals surface area contributed by atoms with E-state index >= 15 is 0 Å². The second kappa shape index (κ2) is 4.39. The number of hydrogen-bond acceptors (Lipinski definition) is 4. The topological polar surface area (TPSA) is 73.1 Å². The number of nitrogens with zero attached hydrogens (tertiary/aromatic N) is 2. The van der Waals surface area contributed by atoms with Crippen LogP contribution < -0.4 is 0 Å². The van der Waals surface area contributed by atoms with E-state index in [1.54, 1.807) is 0 Å². The third-order valence-electron chi connectivity index (χ3n) is 1.59. The van der Waals surface area contributed by atoms with Crippen molar-refractivity contribution in [2.75, 3.05) is 0 Å². The van der Waals surface area contributed by atoms with Gasteiger partial charge in [0, 0.05) is 0 Å². The summed E-state index contributed by atoms with van der Waals surface area (Å²) in [6.45, 7) is 0. The fourth-order valence-electron chi connectivity index (χ4n) is 0.936. The molecule has 0 radical (unpaired) electrons. The molecule has 0 unspecified atom stereocenters. The average Bonchev–Trinajstić information content (AvgIpc) is 2.15. The zero-order chi connectivity index (χ0) is 11.6. The van der Waals surface area contributed by atoms with E-state index in [-0.39, 0.29) is 6.29 Å². The predicted molar refractivity (Wildman–Crippen MR) is 48.9 cm³/mol. The summed E-state index contributed by atoms with van der Waals surface area (Å²) in [7, 11) is 0. The average molecular weight is 281 g/mol. The Balaban J connectivity index is 3.49. The minimum atomic E-state index is -3.01. The van der Waals surface area contributed by atoms with Crippen molar-refractivity contribution in [2.45, 2.75) is 6.43 Å². The van der Waals surface area contributed by atoms with Gasteiger partial charge in [-0.2, -0.15) is 0 Å². The maximum Gasteiger partial charge on any atom is 0.302 e. The van der Waals surface area contributed by atoms with E-state index in [2.05, 4.69) is 20.9 Å². The van der Waals surface area contributed by atoms with Crippen molar-refractivity contribution in [2.24, 2.45) is 0 Å². The van der Waals surface area contributed by atoms with E-state index in [0.717, 1.165) is 6.20 Å². The Kier molecular flexibility index (Phi) is 3.40. The quantitative estimate of drug-likeness (QED) is 0.484. The molecule has 0 atom stereocenters. The third-order valence-corrected chi connectivity index (χ3v) is 2.42. The lowest BCUT2D eigenvalue weighted by molar-refractivity contribution is -0.386. The maximum atomic E-state index is 12.5. The minimum absolute atomic E-state index is 0.121. The van der Waals surface area contributed by atoms with Gasteiger partial charge in [-0.25, -0.2) is 13.8 Å². The SMILES string of the molecule is O=Cc1ncc([N+](=O)[O-])c(Br)c1C(F)F. The fraction of sp³-hybridized carbons (Fsp3) is 0.143. The molecule has 1 aromatic heterocycles. The van der Waals surface area contributed by atoms with Crippen molar-refractivity contribution in [1.29, 1.82) is 0 Å². The molecule has 0 aliphatic heterocycles. The predicted octanol–water partition coefficient (Wildman–Crippen LogP) is 2.50. The number of carbonyl (C=O) groups excluding carboxylic acids is 1. The van der Waals surface area contributed by atoms with Crippen molar-refractivity contribution < 1.29 is 18.5 Å². The second-order valence-corrected chi connectivity index (χ2v) is 3.22. The van der Waals surface area contributed by atoms with Crippen LogP contribution in [0.2, 0.25) is 0 Å². The Morgan fingerprint density at radius 2 is 2.20 bits per heavy atom. The summed E-state index contributed by atoms with van der Waals surface area (Å²) in [6.07, 6.45) is -2.14. The molecule has 0 amide bonds. The Morgan fingerprint density at radius 1 is 1.60 bits per heavy atom. The zero-order valence-electron chi connectivity index (χ0n) is 6.99. The van der Waals surface area contributed by atoms with Crippen molar-refractivity contribution in [1.82, 2.24) is 4.98 Å². The van der Waals surface area contributed by atoms with E-state index in [0.29, 0.717) is 0 Å². The van der Waals surface area contributed by atoms with E-state index in [4.69, 9.17) is 0 Å². The Morgan fingerprint density at radius 3 is 2.60 bits per heavy atom. The maximum absolute atomic E-state index is 12.5. The first kappa shape index (κ1) is 11.6. The summed E-state index contributed by atoms with van der Waals surface area (Å²) in [5, 5.41) is 10.4. The lowest BCUT2D eigenvalue weighted by Crippen LogP contribution is -2.02. The molecule has 1 aromatic rings. The van der Waals surface area contributed by atoms with Crippen molar-refractivity contribution in [3.63, 3.8) is 0 Å². The molecular weight excluding hydrogens is 278 g/mol. The van der Waals surface area contributed by atoms with Crippen LogP contribution in [0.15, 0.2) is 10.7 Å². The number of alkyl halides is 2. The van der Waals surface area contributed by atoms with Gasteiger partial charge in [-0.3, -0.25) is 14.9 Å². The third kappa shape index (κ3) is 2.14. The normalized spacial score (nSPS) is 10.4. The van der Waals surface area contributed by atoms with Crippen LogP contribution in [0.5, 0.6) is 0 Å². The molecule has 80 valence electrons. The lowest BCUT2D eigenvalue weighted by atomic mass is 10.2. The minimum Gasteiger partial charge on any atom is -0.296 e. The largest absolute Gasteiger partial charge is 0.302 e. The van der Waals surface area contributed by atoms with Gasteiger partial charge in [0.05, 0.1) is 10.5 Å². The monoisotopic (exact) mass is 280 g/mol. The lowest BCUT2D eigenvalue weighted by Gasteiger charge is -2.05. The van der Waals surface area contributed by atoms with Gasteiger partial charge in [-0.1, -0.05) is 0 Å². The molecule has 0 aliphatic carbocycles. The summed E-state index contributed by atoms with van der Waals surface area (Å²) >= 11 is 2.65. The van der Waals surface area contributed by atoms with Crippen molar-refractivity contribution >= 4 is 27.9 Å². The first-order valence-corrected chi connectivity index (χ1v) is 4.34. The number of halogens is 3. The molecule has 0 N–H and O–H groups in total. The summed E-state index contributed by atoms with van der Waals surface area (Å²) in [5.41, 5.74) is -1.88. The van der Waals surface area contributed by atoms with Crippen LogP contribution in [0.4, 0.5) is 14.5 Å². The van der Waals surface area contributed by atoms with Crippen LogP contribution in [0.3, 0.4) is 0 Å². The van der Waals surface area contributed by atoms with Crippen LogP contribution in [-0.4, -0.2) is 16.2 Å². The molecule has 0 spiro atoms. The summed E-state index contributed by atoms with van der Waals surface area (Å²) in [5.74, 6) is 0. The van der Waals surface area contributed by atoms with Gasteiger partial charge in [0.15, 0.2) is 6.29 Å². The fourth-order valence-corrected chi connectivity index (χ4v) is 1.56. The molecule has 0 aromatic carbocycles. The summed E-state index contributed by atoms with van der Waals surface area (Å²) in [4.78, 5) is 23.2. The van der Waals surface area contributed by atoms with Crippen LogP contribution in [0.1, 0.15) is 22.5 Å². The van der Waals surface area contributed by atoms with Gasteiger partial charge < -0.3 is 0 Å². The molecule has 0 aliphatic rings. The molecule has 0 saturated carbocycles. The number of rotatable bonds is 3. The number of nitro groups is 1. The van der Waals surface area contributed by atoms with E-state index in [9.17, 15) is 23.7 Å². The summed E-state index contributed by atoms with van der Waals surface area (Å²) in [6, 6.07) is 0. The van der Waals surface area contributed by atoms with Crippen LogP contribution in [0.25, 0.3) is 0 Å². The number of aromatic nitrogens is 1. The zero-order valence-corrected chi connectivity index (χ0v) is 8.57. The molecule has 1 rings (SSSR count). The van der Waals surface area contributed by atoms with E-state index in [1.807, 2.05) is 0 Å². The highest BCUT2D eigenvalue weighted by atomic mass is 79.9. The highest BCUT2D eigenvalue weighted by Gasteiger charge is 2.25. The second-order valence-electron chi connectivity index (χ2n) is 2.43. The van der Waals surface area contributed by atoms with Crippen LogP contribution in [-0.2, 0) is 0 Å². The van der Waals surface area contributed by atoms with Gasteiger partial charge >= 0.3 is 5.69 Å². The Labute approximate surface area is 90.4 Å². The number of aldehydes is 1. The molecule has 0 bridgehead atoms. The number of hydrogen-bond donors (Lipinski definition) is 0. The summed E-state index contributed by atoms with van der Waals surface area (Å²) < 4.78 is 24.5. The Hall–Kier alpha value is -1.44. The van der Waals surface area contributed by atoms with Crippen molar-refractivity contribution in [3.8, 4) is 0 Å². The molecule has 0 saturated heterocycles. The molecule has 0 fully saturated rings. The molecule has 1 heterocycles. The van der Waals surface area contributed by atoms with Gasteiger partial charge in [-0.05, 0) is 15.9 Å². The van der Waals surface area contributed by atoms with Crippen LogP contribution >= 0.6 is 15.9 Å². The first-order chi connectivity index (χ1) is 6.99. The standard InChI is InChI=1S/C7H3BrF2N2O3/c8-6-4(12(14)15)1-11-3(2-13)5(6)7(9)10/h1-2,7H.